The molecule has 0 radical (unpaired) electrons. The van der Waals surface area contributed by atoms with E-state index >= 15 is 0 Å². The third-order valence-electron chi connectivity index (χ3n) is 3.98. The minimum absolute atomic E-state index is 0.136. The Morgan fingerprint density at radius 3 is 2.47 bits per heavy atom. The molecule has 1 aromatic carbocycles. The van der Waals surface area contributed by atoms with Crippen LogP contribution in [0.5, 0.6) is 0 Å². The van der Waals surface area contributed by atoms with E-state index in [0.29, 0.717) is 6.04 Å². The first-order chi connectivity index (χ1) is 8.09. The fourth-order valence-corrected chi connectivity index (χ4v) is 2.59. The van der Waals surface area contributed by atoms with Crippen LogP contribution in [-0.4, -0.2) is 18.4 Å². The van der Waals surface area contributed by atoms with E-state index in [0.717, 1.165) is 18.0 Å². The Kier molecular flexibility index (Phi) is 3.51. The fraction of sp³-hybridized carbons (Fsp3) is 0.533. The van der Waals surface area contributed by atoms with Crippen molar-refractivity contribution < 1.29 is 4.79 Å². The van der Waals surface area contributed by atoms with E-state index in [9.17, 15) is 4.79 Å². The molecule has 1 aliphatic rings. The Morgan fingerprint density at radius 1 is 1.24 bits per heavy atom. The molecule has 0 N–H and O–H groups in total. The molecule has 1 fully saturated rings. The van der Waals surface area contributed by atoms with E-state index < -0.39 is 0 Å². The van der Waals surface area contributed by atoms with Gasteiger partial charge in [0, 0.05) is 23.8 Å². The van der Waals surface area contributed by atoms with Gasteiger partial charge in [0.15, 0.2) is 5.78 Å². The van der Waals surface area contributed by atoms with Crippen molar-refractivity contribution >= 4 is 11.5 Å². The molecule has 0 saturated carbocycles. The molecule has 0 bridgehead atoms. The van der Waals surface area contributed by atoms with Gasteiger partial charge in [-0.1, -0.05) is 6.92 Å². The molecule has 2 nitrogen and oxygen atoms in total. The molecule has 2 atom stereocenters. The summed E-state index contributed by atoms with van der Waals surface area (Å²) in [6, 6.07) is 8.61. The predicted molar refractivity (Wildman–Crippen MR) is 71.7 cm³/mol. The second kappa shape index (κ2) is 4.91. The van der Waals surface area contributed by atoms with Gasteiger partial charge in [0.2, 0.25) is 0 Å². The lowest BCUT2D eigenvalue weighted by molar-refractivity contribution is 0.101. The van der Waals surface area contributed by atoms with Gasteiger partial charge < -0.3 is 4.90 Å². The molecule has 1 saturated heterocycles. The largest absolute Gasteiger partial charge is 0.369 e. The van der Waals surface area contributed by atoms with E-state index in [4.69, 9.17) is 0 Å². The standard InChI is InChI=1S/C15H21NO/c1-11-5-4-10-16(12(11)2)15-8-6-14(7-9-15)13(3)17/h6-9,11-12H,4-5,10H2,1-3H3. The van der Waals surface area contributed by atoms with Crippen molar-refractivity contribution in [3.05, 3.63) is 29.8 Å². The highest BCUT2D eigenvalue weighted by Crippen LogP contribution is 2.28. The number of carbonyl (C=O) groups excluding carboxylic acids is 1. The summed E-state index contributed by atoms with van der Waals surface area (Å²) >= 11 is 0. The van der Waals surface area contributed by atoms with Gasteiger partial charge in [0.25, 0.3) is 0 Å². The van der Waals surface area contributed by atoms with Crippen LogP contribution in [0.2, 0.25) is 0 Å². The summed E-state index contributed by atoms with van der Waals surface area (Å²) in [6.07, 6.45) is 2.59. The van der Waals surface area contributed by atoms with Crippen molar-refractivity contribution in [2.24, 2.45) is 5.92 Å². The first kappa shape index (κ1) is 12.2. The average Bonchev–Trinajstić information content (AvgIpc) is 2.33. The van der Waals surface area contributed by atoms with Gasteiger partial charge in [0.1, 0.15) is 0 Å². The maximum Gasteiger partial charge on any atom is 0.159 e. The Bertz CT molecular complexity index is 396. The highest BCUT2D eigenvalue weighted by molar-refractivity contribution is 5.94. The molecule has 0 aromatic heterocycles. The van der Waals surface area contributed by atoms with Crippen LogP contribution in [0.4, 0.5) is 5.69 Å². The number of piperidine rings is 1. The fourth-order valence-electron chi connectivity index (χ4n) is 2.59. The SMILES string of the molecule is CC(=O)c1ccc(N2CCCC(C)C2C)cc1. The summed E-state index contributed by atoms with van der Waals surface area (Å²) in [4.78, 5) is 13.7. The zero-order chi connectivity index (χ0) is 12.4. The molecule has 1 aliphatic heterocycles. The highest BCUT2D eigenvalue weighted by atomic mass is 16.1. The van der Waals surface area contributed by atoms with Gasteiger partial charge in [-0.15, -0.1) is 0 Å². The maximum atomic E-state index is 11.2. The zero-order valence-electron chi connectivity index (χ0n) is 10.9. The van der Waals surface area contributed by atoms with E-state index in [1.807, 2.05) is 12.1 Å². The van der Waals surface area contributed by atoms with Crippen LogP contribution in [0.3, 0.4) is 0 Å². The zero-order valence-corrected chi connectivity index (χ0v) is 10.9. The molecule has 17 heavy (non-hydrogen) atoms. The highest BCUT2D eigenvalue weighted by Gasteiger charge is 2.24. The number of hydrogen-bond donors (Lipinski definition) is 0. The molecule has 2 heteroatoms. The molecule has 1 heterocycles. The van der Waals surface area contributed by atoms with Crippen molar-refractivity contribution in [3.8, 4) is 0 Å². The molecular formula is C15H21NO. The van der Waals surface area contributed by atoms with Crippen molar-refractivity contribution in [1.82, 2.24) is 0 Å². The topological polar surface area (TPSA) is 20.3 Å². The normalized spacial score (nSPS) is 24.8. The van der Waals surface area contributed by atoms with Crippen LogP contribution < -0.4 is 4.90 Å². The number of nitrogens with zero attached hydrogens (tertiary/aromatic N) is 1. The van der Waals surface area contributed by atoms with Crippen LogP contribution in [0.15, 0.2) is 24.3 Å². The third-order valence-corrected chi connectivity index (χ3v) is 3.98. The van der Waals surface area contributed by atoms with E-state index in [1.54, 1.807) is 6.92 Å². The third kappa shape index (κ3) is 2.51. The maximum absolute atomic E-state index is 11.2. The van der Waals surface area contributed by atoms with Crippen LogP contribution >= 0.6 is 0 Å². The van der Waals surface area contributed by atoms with Crippen molar-refractivity contribution in [1.29, 1.82) is 0 Å². The van der Waals surface area contributed by atoms with Gasteiger partial charge in [-0.25, -0.2) is 0 Å². The minimum Gasteiger partial charge on any atom is -0.369 e. The monoisotopic (exact) mass is 231 g/mol. The predicted octanol–water partition coefficient (Wildman–Crippen LogP) is 3.51. The summed E-state index contributed by atoms with van der Waals surface area (Å²) in [5, 5.41) is 0. The average molecular weight is 231 g/mol. The van der Waals surface area contributed by atoms with Crippen LogP contribution in [-0.2, 0) is 0 Å². The molecule has 92 valence electrons. The molecule has 0 amide bonds. The molecule has 2 rings (SSSR count). The van der Waals surface area contributed by atoms with Gasteiger partial charge in [-0.3, -0.25) is 4.79 Å². The van der Waals surface area contributed by atoms with E-state index in [2.05, 4.69) is 30.9 Å². The Morgan fingerprint density at radius 2 is 1.88 bits per heavy atom. The first-order valence-electron chi connectivity index (χ1n) is 6.47. The summed E-state index contributed by atoms with van der Waals surface area (Å²) in [7, 11) is 0. The minimum atomic E-state index is 0.136. The number of benzene rings is 1. The van der Waals surface area contributed by atoms with Crippen LogP contribution in [0.25, 0.3) is 0 Å². The Labute approximate surface area is 104 Å². The number of hydrogen-bond acceptors (Lipinski definition) is 2. The second-order valence-electron chi connectivity index (χ2n) is 5.16. The van der Waals surface area contributed by atoms with Gasteiger partial charge in [-0.2, -0.15) is 0 Å². The molecule has 1 aromatic rings. The Hall–Kier alpha value is -1.31. The number of anilines is 1. The molecule has 0 spiro atoms. The van der Waals surface area contributed by atoms with Gasteiger partial charge >= 0.3 is 0 Å². The van der Waals surface area contributed by atoms with Crippen LogP contribution in [0, 0.1) is 5.92 Å². The summed E-state index contributed by atoms with van der Waals surface area (Å²) in [5.41, 5.74) is 2.04. The smallest absolute Gasteiger partial charge is 0.159 e. The van der Waals surface area contributed by atoms with Crippen molar-refractivity contribution in [2.75, 3.05) is 11.4 Å². The molecule has 2 unspecified atom stereocenters. The number of Topliss-reactive ketones (excluding diaryl/α,β-unsaturated/α-hetero) is 1. The van der Waals surface area contributed by atoms with Crippen molar-refractivity contribution in [3.63, 3.8) is 0 Å². The number of rotatable bonds is 2. The summed E-state index contributed by atoms with van der Waals surface area (Å²) in [5.74, 6) is 0.882. The van der Waals surface area contributed by atoms with Crippen molar-refractivity contribution in [2.45, 2.75) is 39.7 Å². The van der Waals surface area contributed by atoms with Gasteiger partial charge in [-0.05, 0) is 56.9 Å². The number of ketones is 1. The Balaban J connectivity index is 2.19. The van der Waals surface area contributed by atoms with E-state index in [1.165, 1.54) is 18.5 Å². The lowest BCUT2D eigenvalue weighted by Gasteiger charge is -2.39. The summed E-state index contributed by atoms with van der Waals surface area (Å²) < 4.78 is 0. The lowest BCUT2D eigenvalue weighted by Crippen LogP contribution is -2.42. The second-order valence-corrected chi connectivity index (χ2v) is 5.16. The van der Waals surface area contributed by atoms with Crippen LogP contribution in [0.1, 0.15) is 44.0 Å². The molecular weight excluding hydrogens is 210 g/mol. The lowest BCUT2D eigenvalue weighted by atomic mass is 9.91. The van der Waals surface area contributed by atoms with E-state index in [-0.39, 0.29) is 5.78 Å². The quantitative estimate of drug-likeness (QED) is 0.726. The van der Waals surface area contributed by atoms with Gasteiger partial charge in [0.05, 0.1) is 0 Å². The number of carbonyl (C=O) groups is 1. The summed E-state index contributed by atoms with van der Waals surface area (Å²) in [6.45, 7) is 7.36. The molecule has 0 aliphatic carbocycles. The first-order valence-corrected chi connectivity index (χ1v) is 6.47.